The zero-order valence-corrected chi connectivity index (χ0v) is 17.7. The Morgan fingerprint density at radius 3 is 2.33 bits per heavy atom. The lowest BCUT2D eigenvalue weighted by atomic mass is 9.65. The fourth-order valence-electron chi connectivity index (χ4n) is 4.85. The Labute approximate surface area is 167 Å². The molecule has 5 nitrogen and oxygen atoms in total. The summed E-state index contributed by atoms with van der Waals surface area (Å²) in [5.41, 5.74) is 7.48. The summed E-state index contributed by atoms with van der Waals surface area (Å²) in [6, 6.07) is 4.27. The zero-order valence-electron chi connectivity index (χ0n) is 16.9. The summed E-state index contributed by atoms with van der Waals surface area (Å²) in [5.74, 6) is 2.81. The van der Waals surface area contributed by atoms with Gasteiger partial charge in [0.25, 0.3) is 0 Å². The van der Waals surface area contributed by atoms with Gasteiger partial charge < -0.3 is 20.1 Å². The number of fused-ring (bicyclic) bond motifs is 2. The molecule has 1 amide bonds. The maximum atomic E-state index is 13.1. The first-order valence-corrected chi connectivity index (χ1v) is 11.0. The third kappa shape index (κ3) is 4.21. The molecule has 6 heteroatoms. The van der Waals surface area contributed by atoms with Gasteiger partial charge in [-0.2, -0.15) is 0 Å². The van der Waals surface area contributed by atoms with Crippen LogP contribution >= 0.6 is 11.8 Å². The minimum Gasteiger partial charge on any atom is -0.493 e. The number of benzene rings is 1. The molecular weight excluding hydrogens is 360 g/mol. The van der Waals surface area contributed by atoms with Crippen molar-refractivity contribution >= 4 is 17.7 Å². The third-order valence-electron chi connectivity index (χ3n) is 6.33. The van der Waals surface area contributed by atoms with E-state index < -0.39 is 0 Å². The second kappa shape index (κ2) is 8.74. The molecular formula is C21H32N2O3S. The van der Waals surface area contributed by atoms with Crippen LogP contribution in [0.25, 0.3) is 0 Å². The number of nitrogens with zero attached hydrogens (tertiary/aromatic N) is 1. The van der Waals surface area contributed by atoms with Crippen LogP contribution in [0.2, 0.25) is 0 Å². The average molecular weight is 393 g/mol. The molecule has 2 aliphatic rings. The molecule has 0 aromatic heterocycles. The van der Waals surface area contributed by atoms with Crippen molar-refractivity contribution in [3.8, 4) is 11.5 Å². The second-order valence-electron chi connectivity index (χ2n) is 7.91. The molecule has 0 saturated heterocycles. The van der Waals surface area contributed by atoms with Gasteiger partial charge in [0.1, 0.15) is 0 Å². The number of methoxy groups -OCH3 is 2. The molecule has 2 bridgehead atoms. The van der Waals surface area contributed by atoms with Gasteiger partial charge in [-0.25, -0.2) is 0 Å². The molecule has 2 fully saturated rings. The number of thioether (sulfide) groups is 1. The number of ether oxygens (including phenoxy) is 2. The van der Waals surface area contributed by atoms with E-state index in [2.05, 4.69) is 0 Å². The first-order valence-electron chi connectivity index (χ1n) is 9.77. The molecule has 3 rings (SSSR count). The number of rotatable bonds is 6. The van der Waals surface area contributed by atoms with Gasteiger partial charge >= 0.3 is 0 Å². The molecule has 0 aliphatic heterocycles. The number of carbonyl (C=O) groups is 1. The van der Waals surface area contributed by atoms with Crippen LogP contribution < -0.4 is 15.2 Å². The van der Waals surface area contributed by atoms with Gasteiger partial charge in [-0.05, 0) is 61.5 Å². The number of nitrogens with two attached hydrogens (primary N) is 1. The van der Waals surface area contributed by atoms with E-state index in [9.17, 15) is 4.79 Å². The van der Waals surface area contributed by atoms with E-state index in [0.717, 1.165) is 23.3 Å². The standard InChI is InChI=1S/C21H32N2O3S/c1-23(12-16-10-17(25-2)18(26-3)11-19(16)27-4)21(24)15-8-13-6-5-7-14(9-15)20(13)22/h10-11,13-15,20H,5-9,12,22H2,1-4H3. The van der Waals surface area contributed by atoms with Gasteiger partial charge in [0.05, 0.1) is 14.2 Å². The van der Waals surface area contributed by atoms with Crippen LogP contribution in [0, 0.1) is 17.8 Å². The van der Waals surface area contributed by atoms with Crippen molar-refractivity contribution in [2.45, 2.75) is 49.6 Å². The predicted molar refractivity (Wildman–Crippen MR) is 109 cm³/mol. The monoisotopic (exact) mass is 392 g/mol. The van der Waals surface area contributed by atoms with Crippen LogP contribution in [0.5, 0.6) is 11.5 Å². The molecule has 150 valence electrons. The SMILES string of the molecule is COc1cc(CN(C)C(=O)C2CC3CCCC(C2)C3N)c(SC)cc1OC. The van der Waals surface area contributed by atoms with Crippen LogP contribution in [0.4, 0.5) is 0 Å². The molecule has 2 saturated carbocycles. The van der Waals surface area contributed by atoms with Gasteiger partial charge in [0, 0.05) is 30.4 Å². The fourth-order valence-corrected chi connectivity index (χ4v) is 5.46. The van der Waals surface area contributed by atoms with Crippen LogP contribution in [-0.4, -0.2) is 44.4 Å². The van der Waals surface area contributed by atoms with Gasteiger partial charge in [-0.1, -0.05) is 6.42 Å². The fraction of sp³-hybridized carbons (Fsp3) is 0.667. The first kappa shape index (κ1) is 20.3. The van der Waals surface area contributed by atoms with Crippen molar-refractivity contribution in [3.63, 3.8) is 0 Å². The summed E-state index contributed by atoms with van der Waals surface area (Å²) in [7, 11) is 5.19. The summed E-state index contributed by atoms with van der Waals surface area (Å²) in [6.07, 6.45) is 7.55. The van der Waals surface area contributed by atoms with Crippen molar-refractivity contribution < 1.29 is 14.3 Å². The quantitative estimate of drug-likeness (QED) is 0.750. The largest absolute Gasteiger partial charge is 0.493 e. The summed E-state index contributed by atoms with van der Waals surface area (Å²) in [6.45, 7) is 0.577. The van der Waals surface area contributed by atoms with E-state index >= 15 is 0 Å². The van der Waals surface area contributed by atoms with Crippen molar-refractivity contribution in [3.05, 3.63) is 17.7 Å². The third-order valence-corrected chi connectivity index (χ3v) is 7.15. The highest BCUT2D eigenvalue weighted by Crippen LogP contribution is 2.42. The van der Waals surface area contributed by atoms with Crippen molar-refractivity contribution in [1.29, 1.82) is 0 Å². The van der Waals surface area contributed by atoms with Crippen molar-refractivity contribution in [1.82, 2.24) is 4.90 Å². The van der Waals surface area contributed by atoms with Crippen LogP contribution in [0.15, 0.2) is 17.0 Å². The number of amides is 1. The van der Waals surface area contributed by atoms with Crippen LogP contribution in [0.1, 0.15) is 37.7 Å². The normalized spacial score (nSPS) is 27.1. The van der Waals surface area contributed by atoms with Crippen molar-refractivity contribution in [2.75, 3.05) is 27.5 Å². The van der Waals surface area contributed by atoms with E-state index in [1.807, 2.05) is 30.3 Å². The molecule has 2 atom stereocenters. The van der Waals surface area contributed by atoms with E-state index in [0.29, 0.717) is 35.9 Å². The summed E-state index contributed by atoms with van der Waals surface area (Å²) >= 11 is 1.66. The number of hydrogen-bond donors (Lipinski definition) is 1. The molecule has 27 heavy (non-hydrogen) atoms. The average Bonchev–Trinajstić information content (AvgIpc) is 2.66. The second-order valence-corrected chi connectivity index (χ2v) is 8.76. The number of hydrogen-bond acceptors (Lipinski definition) is 5. The van der Waals surface area contributed by atoms with E-state index in [1.165, 1.54) is 19.3 Å². The maximum absolute atomic E-state index is 13.1. The Morgan fingerprint density at radius 1 is 1.19 bits per heavy atom. The molecule has 2 unspecified atom stereocenters. The highest BCUT2D eigenvalue weighted by molar-refractivity contribution is 7.98. The van der Waals surface area contributed by atoms with Gasteiger partial charge in [-0.3, -0.25) is 4.79 Å². The van der Waals surface area contributed by atoms with E-state index in [1.54, 1.807) is 26.0 Å². The Balaban J connectivity index is 1.73. The first-order chi connectivity index (χ1) is 13.0. The minimum absolute atomic E-state index is 0.114. The van der Waals surface area contributed by atoms with Crippen LogP contribution in [0.3, 0.4) is 0 Å². The summed E-state index contributed by atoms with van der Waals surface area (Å²) < 4.78 is 10.8. The van der Waals surface area contributed by atoms with E-state index in [-0.39, 0.29) is 11.8 Å². The highest BCUT2D eigenvalue weighted by Gasteiger charge is 2.41. The molecule has 1 aromatic rings. The molecule has 0 radical (unpaired) electrons. The van der Waals surface area contributed by atoms with Gasteiger partial charge in [0.2, 0.25) is 5.91 Å². The lowest BCUT2D eigenvalue weighted by Gasteiger charge is -2.44. The predicted octanol–water partition coefficient (Wildman–Crippen LogP) is 3.54. The Hall–Kier alpha value is -1.40. The van der Waals surface area contributed by atoms with Crippen LogP contribution in [-0.2, 0) is 11.3 Å². The number of carbonyl (C=O) groups excluding carboxylic acids is 1. The topological polar surface area (TPSA) is 64.8 Å². The Morgan fingerprint density at radius 2 is 1.78 bits per heavy atom. The summed E-state index contributed by atoms with van der Waals surface area (Å²) in [4.78, 5) is 16.1. The maximum Gasteiger partial charge on any atom is 0.225 e. The Kier molecular flexibility index (Phi) is 6.58. The highest BCUT2D eigenvalue weighted by atomic mass is 32.2. The molecule has 2 N–H and O–H groups in total. The lowest BCUT2D eigenvalue weighted by molar-refractivity contribution is -0.137. The zero-order chi connectivity index (χ0) is 19.6. The molecule has 2 aliphatic carbocycles. The summed E-state index contributed by atoms with van der Waals surface area (Å²) in [5, 5.41) is 0. The molecule has 0 heterocycles. The molecule has 1 aromatic carbocycles. The van der Waals surface area contributed by atoms with E-state index in [4.69, 9.17) is 15.2 Å². The smallest absolute Gasteiger partial charge is 0.225 e. The molecule has 0 spiro atoms. The van der Waals surface area contributed by atoms with Gasteiger partial charge in [-0.15, -0.1) is 11.8 Å². The lowest BCUT2D eigenvalue weighted by Crippen LogP contribution is -2.49. The Bertz CT molecular complexity index is 668. The van der Waals surface area contributed by atoms with Crippen molar-refractivity contribution in [2.24, 2.45) is 23.5 Å². The van der Waals surface area contributed by atoms with Gasteiger partial charge in [0.15, 0.2) is 11.5 Å². The minimum atomic E-state index is 0.114.